The number of carbonyl (C=O) groups excluding carboxylic acids is 1. The molecular weight excluding hydrogens is 264 g/mol. The molecule has 0 aliphatic heterocycles. The zero-order valence-electron chi connectivity index (χ0n) is 14.0. The van der Waals surface area contributed by atoms with Crippen LogP contribution in [0.15, 0.2) is 18.5 Å². The summed E-state index contributed by atoms with van der Waals surface area (Å²) in [5.74, 6) is 0.781. The van der Waals surface area contributed by atoms with Gasteiger partial charge in [-0.1, -0.05) is 27.7 Å². The van der Waals surface area contributed by atoms with Crippen LogP contribution in [0, 0.1) is 0 Å². The zero-order chi connectivity index (χ0) is 15.9. The predicted octanol–water partition coefficient (Wildman–Crippen LogP) is 3.56. The minimum absolute atomic E-state index is 0.114. The molecule has 0 saturated heterocycles. The molecule has 1 atom stereocenters. The summed E-state index contributed by atoms with van der Waals surface area (Å²) < 4.78 is 5.58. The van der Waals surface area contributed by atoms with Crippen molar-refractivity contribution in [2.75, 3.05) is 19.7 Å². The molecule has 118 valence electrons. The van der Waals surface area contributed by atoms with E-state index in [4.69, 9.17) is 4.74 Å². The van der Waals surface area contributed by atoms with Gasteiger partial charge in [-0.2, -0.15) is 0 Å². The Morgan fingerprint density at radius 2 is 1.90 bits per heavy atom. The van der Waals surface area contributed by atoms with Crippen LogP contribution in [-0.4, -0.2) is 40.9 Å². The second-order valence-electron chi connectivity index (χ2n) is 5.39. The van der Waals surface area contributed by atoms with Crippen molar-refractivity contribution in [3.63, 3.8) is 0 Å². The van der Waals surface area contributed by atoms with Gasteiger partial charge in [0.25, 0.3) is 0 Å². The summed E-state index contributed by atoms with van der Waals surface area (Å²) in [4.78, 5) is 19.3. The highest BCUT2D eigenvalue weighted by molar-refractivity contribution is 6.03. The minimum Gasteiger partial charge on any atom is -0.492 e. The molecule has 0 N–H and O–H groups in total. The SMILES string of the molecule is CCCOc1cncc(C(=O)C(C)(CC)N(CC)CC)c1. The quantitative estimate of drug-likeness (QED) is 0.653. The highest BCUT2D eigenvalue weighted by Crippen LogP contribution is 2.25. The molecule has 0 aliphatic carbocycles. The van der Waals surface area contributed by atoms with Gasteiger partial charge in [0.2, 0.25) is 0 Å². The van der Waals surface area contributed by atoms with E-state index < -0.39 is 5.54 Å². The van der Waals surface area contributed by atoms with Crippen molar-refractivity contribution in [1.29, 1.82) is 0 Å². The standard InChI is InChI=1S/C17H28N2O2/c1-6-10-21-15-11-14(12-18-13-15)16(20)17(5,7-2)19(8-3)9-4/h11-13H,6-10H2,1-5H3. The number of hydrogen-bond acceptors (Lipinski definition) is 4. The number of Topliss-reactive ketones (excluding diaryl/α,β-unsaturated/α-hetero) is 1. The second-order valence-corrected chi connectivity index (χ2v) is 5.39. The average molecular weight is 292 g/mol. The molecule has 0 bridgehead atoms. The van der Waals surface area contributed by atoms with Crippen molar-refractivity contribution in [2.45, 2.75) is 53.0 Å². The van der Waals surface area contributed by atoms with Crippen molar-refractivity contribution in [1.82, 2.24) is 9.88 Å². The van der Waals surface area contributed by atoms with Crippen LogP contribution in [-0.2, 0) is 0 Å². The Hall–Kier alpha value is -1.42. The fraction of sp³-hybridized carbons (Fsp3) is 0.647. The van der Waals surface area contributed by atoms with E-state index in [-0.39, 0.29) is 5.78 Å². The Morgan fingerprint density at radius 3 is 2.43 bits per heavy atom. The van der Waals surface area contributed by atoms with E-state index in [0.717, 1.165) is 25.9 Å². The van der Waals surface area contributed by atoms with E-state index in [1.54, 1.807) is 12.4 Å². The van der Waals surface area contributed by atoms with Gasteiger partial charge in [-0.3, -0.25) is 14.7 Å². The molecule has 4 heteroatoms. The molecule has 0 radical (unpaired) electrons. The van der Waals surface area contributed by atoms with Gasteiger partial charge in [-0.15, -0.1) is 0 Å². The molecule has 21 heavy (non-hydrogen) atoms. The summed E-state index contributed by atoms with van der Waals surface area (Å²) in [5, 5.41) is 0. The lowest BCUT2D eigenvalue weighted by atomic mass is 9.87. The fourth-order valence-corrected chi connectivity index (χ4v) is 2.60. The Balaban J connectivity index is 3.04. The van der Waals surface area contributed by atoms with Gasteiger partial charge in [0, 0.05) is 11.8 Å². The number of nitrogens with zero attached hydrogens (tertiary/aromatic N) is 2. The molecule has 4 nitrogen and oxygen atoms in total. The largest absolute Gasteiger partial charge is 0.492 e. The highest BCUT2D eigenvalue weighted by Gasteiger charge is 2.36. The van der Waals surface area contributed by atoms with Crippen molar-refractivity contribution >= 4 is 5.78 Å². The summed E-state index contributed by atoms with van der Waals surface area (Å²) in [6.45, 7) is 12.6. The number of aromatic nitrogens is 1. The average Bonchev–Trinajstić information content (AvgIpc) is 2.53. The Morgan fingerprint density at radius 1 is 1.24 bits per heavy atom. The van der Waals surface area contributed by atoms with Crippen molar-refractivity contribution in [3.8, 4) is 5.75 Å². The van der Waals surface area contributed by atoms with Gasteiger partial charge in [0.05, 0.1) is 18.3 Å². The second kappa shape index (κ2) is 8.13. The van der Waals surface area contributed by atoms with E-state index in [1.165, 1.54) is 0 Å². The van der Waals surface area contributed by atoms with E-state index in [1.807, 2.05) is 13.0 Å². The molecule has 1 unspecified atom stereocenters. The Kier molecular flexibility index (Phi) is 6.82. The Bertz CT molecular complexity index is 458. The number of carbonyl (C=O) groups is 1. The minimum atomic E-state index is -0.492. The molecule has 0 spiro atoms. The van der Waals surface area contributed by atoms with Crippen LogP contribution < -0.4 is 4.74 Å². The number of likely N-dealkylation sites (N-methyl/N-ethyl adjacent to an activating group) is 1. The summed E-state index contributed by atoms with van der Waals surface area (Å²) in [7, 11) is 0. The summed E-state index contributed by atoms with van der Waals surface area (Å²) in [5.41, 5.74) is 0.133. The first kappa shape index (κ1) is 17.6. The molecule has 0 amide bonds. The molecular formula is C17H28N2O2. The van der Waals surface area contributed by atoms with Gasteiger partial charge in [-0.25, -0.2) is 0 Å². The fourth-order valence-electron chi connectivity index (χ4n) is 2.60. The van der Waals surface area contributed by atoms with Gasteiger partial charge >= 0.3 is 0 Å². The molecule has 0 fully saturated rings. The third-order valence-electron chi connectivity index (χ3n) is 4.09. The van der Waals surface area contributed by atoms with Crippen molar-refractivity contribution < 1.29 is 9.53 Å². The van der Waals surface area contributed by atoms with Crippen LogP contribution in [0.1, 0.15) is 57.8 Å². The monoisotopic (exact) mass is 292 g/mol. The number of rotatable bonds is 9. The third-order valence-corrected chi connectivity index (χ3v) is 4.09. The van der Waals surface area contributed by atoms with E-state index in [2.05, 4.69) is 37.6 Å². The van der Waals surface area contributed by atoms with Gasteiger partial charge in [-0.05, 0) is 38.9 Å². The summed E-state index contributed by atoms with van der Waals surface area (Å²) >= 11 is 0. The number of ketones is 1. The van der Waals surface area contributed by atoms with Gasteiger partial charge in [0.1, 0.15) is 5.75 Å². The third kappa shape index (κ3) is 4.03. The predicted molar refractivity (Wildman–Crippen MR) is 86.0 cm³/mol. The lowest BCUT2D eigenvalue weighted by Gasteiger charge is -2.38. The highest BCUT2D eigenvalue weighted by atomic mass is 16.5. The van der Waals surface area contributed by atoms with Crippen LogP contribution in [0.4, 0.5) is 0 Å². The maximum Gasteiger partial charge on any atom is 0.184 e. The van der Waals surface area contributed by atoms with Gasteiger partial charge in [0.15, 0.2) is 5.78 Å². The maximum atomic E-state index is 12.9. The topological polar surface area (TPSA) is 42.4 Å². The number of ether oxygens (including phenoxy) is 1. The van der Waals surface area contributed by atoms with Crippen LogP contribution >= 0.6 is 0 Å². The van der Waals surface area contributed by atoms with Crippen LogP contribution in [0.2, 0.25) is 0 Å². The van der Waals surface area contributed by atoms with Crippen molar-refractivity contribution in [3.05, 3.63) is 24.0 Å². The first-order chi connectivity index (χ1) is 10.0. The van der Waals surface area contributed by atoms with E-state index in [0.29, 0.717) is 17.9 Å². The van der Waals surface area contributed by atoms with Crippen LogP contribution in [0.3, 0.4) is 0 Å². The van der Waals surface area contributed by atoms with Crippen molar-refractivity contribution in [2.24, 2.45) is 0 Å². The molecule has 1 aromatic heterocycles. The summed E-state index contributed by atoms with van der Waals surface area (Å²) in [6.07, 6.45) is 5.00. The van der Waals surface area contributed by atoms with E-state index in [9.17, 15) is 4.79 Å². The molecule has 0 saturated carbocycles. The molecule has 1 rings (SSSR count). The van der Waals surface area contributed by atoms with E-state index >= 15 is 0 Å². The van der Waals surface area contributed by atoms with Crippen LogP contribution in [0.25, 0.3) is 0 Å². The lowest BCUT2D eigenvalue weighted by molar-refractivity contribution is 0.0607. The van der Waals surface area contributed by atoms with Gasteiger partial charge < -0.3 is 4.74 Å². The first-order valence-corrected chi connectivity index (χ1v) is 7.91. The first-order valence-electron chi connectivity index (χ1n) is 7.91. The number of pyridine rings is 1. The molecule has 1 heterocycles. The lowest BCUT2D eigenvalue weighted by Crippen LogP contribution is -2.51. The smallest absolute Gasteiger partial charge is 0.184 e. The zero-order valence-corrected chi connectivity index (χ0v) is 14.0. The maximum absolute atomic E-state index is 12.9. The number of hydrogen-bond donors (Lipinski definition) is 0. The normalized spacial score (nSPS) is 14.0. The molecule has 0 aliphatic rings. The Labute approximate surface area is 128 Å². The summed E-state index contributed by atoms with van der Waals surface area (Å²) in [6, 6.07) is 1.81. The molecule has 0 aromatic carbocycles. The van der Waals surface area contributed by atoms with Crippen LogP contribution in [0.5, 0.6) is 5.75 Å². The molecule has 1 aromatic rings.